The highest BCUT2D eigenvalue weighted by Gasteiger charge is 2.39. The number of hydrogen-bond acceptors (Lipinski definition) is 4. The molecule has 0 fully saturated rings. The molecule has 2 aromatic rings. The molecule has 1 heterocycles. The number of rotatable bonds is 2. The lowest BCUT2D eigenvalue weighted by atomic mass is 10.0. The first kappa shape index (κ1) is 17.8. The van der Waals surface area contributed by atoms with Crippen molar-refractivity contribution in [3.05, 3.63) is 35.0 Å². The van der Waals surface area contributed by atoms with Gasteiger partial charge in [-0.3, -0.25) is 4.98 Å². The molecule has 0 aliphatic rings. The second kappa shape index (κ2) is 5.84. The van der Waals surface area contributed by atoms with Gasteiger partial charge >= 0.3 is 18.3 Å². The summed E-state index contributed by atoms with van der Waals surface area (Å²) in [5.41, 5.74) is -4.74. The molecule has 0 atom stereocenters. The van der Waals surface area contributed by atoms with Crippen LogP contribution in [-0.4, -0.2) is 22.7 Å². The van der Waals surface area contributed by atoms with E-state index < -0.39 is 51.7 Å². The Morgan fingerprint density at radius 1 is 1.17 bits per heavy atom. The molecular formula is C14H9F6NO3. The Balaban J connectivity index is 2.85. The van der Waals surface area contributed by atoms with Crippen LogP contribution in [-0.2, 0) is 17.1 Å². The van der Waals surface area contributed by atoms with Crippen molar-refractivity contribution in [1.82, 2.24) is 4.98 Å². The molecule has 0 saturated carbocycles. The number of alkyl halides is 6. The summed E-state index contributed by atoms with van der Waals surface area (Å²) in [6, 6.07) is 0.220. The van der Waals surface area contributed by atoms with Gasteiger partial charge in [-0.25, -0.2) is 4.79 Å². The van der Waals surface area contributed by atoms with Crippen molar-refractivity contribution < 1.29 is 41.0 Å². The second-order valence-electron chi connectivity index (χ2n) is 4.65. The van der Waals surface area contributed by atoms with Gasteiger partial charge in [-0.05, 0) is 19.1 Å². The number of esters is 1. The first-order valence-corrected chi connectivity index (χ1v) is 6.44. The molecule has 0 radical (unpaired) electrons. The van der Waals surface area contributed by atoms with E-state index in [1.54, 1.807) is 0 Å². The summed E-state index contributed by atoms with van der Waals surface area (Å²) in [6.07, 6.45) is -9.58. The number of fused-ring (bicyclic) bond motifs is 1. The summed E-state index contributed by atoms with van der Waals surface area (Å²) in [5, 5.41) is 8.96. The van der Waals surface area contributed by atoms with E-state index in [1.165, 1.54) is 6.92 Å². The number of ether oxygens (including phenoxy) is 1. The third kappa shape index (κ3) is 3.22. The van der Waals surface area contributed by atoms with E-state index in [4.69, 9.17) is 0 Å². The number of carbonyl (C=O) groups is 1. The van der Waals surface area contributed by atoms with Crippen molar-refractivity contribution >= 4 is 16.9 Å². The minimum atomic E-state index is -5.20. The maximum absolute atomic E-state index is 13.1. The zero-order valence-corrected chi connectivity index (χ0v) is 11.9. The molecule has 0 unspecified atom stereocenters. The molecule has 1 aromatic carbocycles. The van der Waals surface area contributed by atoms with Crippen molar-refractivity contribution in [2.24, 2.45) is 0 Å². The number of aromatic nitrogens is 1. The Labute approximate surface area is 130 Å². The van der Waals surface area contributed by atoms with Crippen molar-refractivity contribution in [2.75, 3.05) is 6.61 Å². The summed E-state index contributed by atoms with van der Waals surface area (Å²) in [7, 11) is 0. The zero-order valence-electron chi connectivity index (χ0n) is 11.9. The van der Waals surface area contributed by atoms with Crippen LogP contribution in [0.3, 0.4) is 0 Å². The lowest BCUT2D eigenvalue weighted by Crippen LogP contribution is -2.13. The Bertz CT molecular complexity index is 798. The summed E-state index contributed by atoms with van der Waals surface area (Å²) in [4.78, 5) is 15.0. The van der Waals surface area contributed by atoms with E-state index >= 15 is 0 Å². The van der Waals surface area contributed by atoms with Gasteiger partial charge in [-0.1, -0.05) is 0 Å². The lowest BCUT2D eigenvalue weighted by molar-refractivity contribution is -0.142. The van der Waals surface area contributed by atoms with Gasteiger partial charge in [0.25, 0.3) is 0 Å². The van der Waals surface area contributed by atoms with Crippen LogP contribution in [0.2, 0.25) is 0 Å². The van der Waals surface area contributed by atoms with Gasteiger partial charge in [-0.2, -0.15) is 26.3 Å². The van der Waals surface area contributed by atoms with E-state index in [0.717, 1.165) is 0 Å². The van der Waals surface area contributed by atoms with E-state index in [-0.39, 0.29) is 12.7 Å². The number of benzene rings is 1. The van der Waals surface area contributed by atoms with Crippen molar-refractivity contribution in [3.63, 3.8) is 0 Å². The Kier molecular flexibility index (Phi) is 4.34. The monoisotopic (exact) mass is 353 g/mol. The number of pyridine rings is 1. The number of halogens is 6. The summed E-state index contributed by atoms with van der Waals surface area (Å²) in [5.74, 6) is -2.28. The van der Waals surface area contributed by atoms with E-state index in [0.29, 0.717) is 12.3 Å². The highest BCUT2D eigenvalue weighted by molar-refractivity contribution is 6.00. The van der Waals surface area contributed by atoms with Crippen LogP contribution >= 0.6 is 0 Å². The van der Waals surface area contributed by atoms with E-state index in [2.05, 4.69) is 9.72 Å². The minimum absolute atomic E-state index is 0.116. The SMILES string of the molecule is CCOC(=O)c1cnc2cc(C(F)(F)F)cc(C(F)(F)F)c2c1O. The van der Waals surface area contributed by atoms with Crippen LogP contribution in [0.15, 0.2) is 18.3 Å². The van der Waals surface area contributed by atoms with Crippen LogP contribution in [0.4, 0.5) is 26.3 Å². The van der Waals surface area contributed by atoms with Crippen LogP contribution in [0, 0.1) is 0 Å². The van der Waals surface area contributed by atoms with Gasteiger partial charge in [0, 0.05) is 6.20 Å². The maximum Gasteiger partial charge on any atom is 0.417 e. The largest absolute Gasteiger partial charge is 0.506 e. The molecular weight excluding hydrogens is 344 g/mol. The molecule has 0 bridgehead atoms. The molecule has 0 saturated heterocycles. The van der Waals surface area contributed by atoms with Crippen LogP contribution in [0.25, 0.3) is 10.9 Å². The third-order valence-corrected chi connectivity index (χ3v) is 3.07. The van der Waals surface area contributed by atoms with Gasteiger partial charge in [-0.15, -0.1) is 0 Å². The summed E-state index contributed by atoms with van der Waals surface area (Å²) < 4.78 is 82.2. The molecule has 130 valence electrons. The lowest BCUT2D eigenvalue weighted by Gasteiger charge is -2.16. The zero-order chi connectivity index (χ0) is 18.3. The van der Waals surface area contributed by atoms with Crippen LogP contribution in [0.5, 0.6) is 5.75 Å². The standard InChI is InChI=1S/C14H9F6NO3/c1-2-24-12(23)7-5-21-9-4-6(13(15,16)17)3-8(14(18,19)20)10(9)11(7)22/h3-5H,2H2,1H3,(H,21,22). The van der Waals surface area contributed by atoms with Gasteiger partial charge in [0.05, 0.1) is 28.6 Å². The van der Waals surface area contributed by atoms with Crippen LogP contribution in [0.1, 0.15) is 28.4 Å². The predicted molar refractivity (Wildman–Crippen MR) is 69.4 cm³/mol. The first-order chi connectivity index (χ1) is 11.0. The summed E-state index contributed by atoms with van der Waals surface area (Å²) >= 11 is 0. The van der Waals surface area contributed by atoms with E-state index in [1.807, 2.05) is 0 Å². The molecule has 0 amide bonds. The van der Waals surface area contributed by atoms with Gasteiger partial charge in [0.2, 0.25) is 0 Å². The Hall–Kier alpha value is -2.52. The topological polar surface area (TPSA) is 59.4 Å². The van der Waals surface area contributed by atoms with Crippen LogP contribution < -0.4 is 0 Å². The molecule has 2 rings (SSSR count). The number of nitrogens with zero attached hydrogens (tertiary/aromatic N) is 1. The smallest absolute Gasteiger partial charge is 0.417 e. The molecule has 4 nitrogen and oxygen atoms in total. The Morgan fingerprint density at radius 2 is 1.79 bits per heavy atom. The number of carbonyl (C=O) groups excluding carboxylic acids is 1. The maximum atomic E-state index is 13.1. The predicted octanol–water partition coefficient (Wildman–Crippen LogP) is 4.15. The number of aromatic hydroxyl groups is 1. The molecule has 0 aliphatic carbocycles. The van der Waals surface area contributed by atoms with Crippen molar-refractivity contribution in [1.29, 1.82) is 0 Å². The number of hydrogen-bond donors (Lipinski definition) is 1. The second-order valence-corrected chi connectivity index (χ2v) is 4.65. The van der Waals surface area contributed by atoms with Crippen molar-refractivity contribution in [2.45, 2.75) is 19.3 Å². The molecule has 24 heavy (non-hydrogen) atoms. The normalized spacial score (nSPS) is 12.5. The van der Waals surface area contributed by atoms with Crippen molar-refractivity contribution in [3.8, 4) is 5.75 Å². The fourth-order valence-corrected chi connectivity index (χ4v) is 2.05. The van der Waals surface area contributed by atoms with Gasteiger partial charge in [0.15, 0.2) is 0 Å². The average Bonchev–Trinajstić information content (AvgIpc) is 2.44. The quantitative estimate of drug-likeness (QED) is 0.651. The Morgan fingerprint density at radius 3 is 2.29 bits per heavy atom. The fraction of sp³-hybridized carbons (Fsp3) is 0.286. The molecule has 1 N–H and O–H groups in total. The highest BCUT2D eigenvalue weighted by atomic mass is 19.4. The average molecular weight is 353 g/mol. The molecule has 1 aromatic heterocycles. The van der Waals surface area contributed by atoms with Gasteiger partial charge in [0.1, 0.15) is 11.3 Å². The molecule has 0 aliphatic heterocycles. The first-order valence-electron chi connectivity index (χ1n) is 6.44. The van der Waals surface area contributed by atoms with E-state index in [9.17, 15) is 36.2 Å². The summed E-state index contributed by atoms with van der Waals surface area (Å²) in [6.45, 7) is 1.32. The third-order valence-electron chi connectivity index (χ3n) is 3.07. The fourth-order valence-electron chi connectivity index (χ4n) is 2.05. The highest BCUT2D eigenvalue weighted by Crippen LogP contribution is 2.43. The molecule has 0 spiro atoms. The molecule has 10 heteroatoms. The van der Waals surface area contributed by atoms with Gasteiger partial charge < -0.3 is 9.84 Å². The minimum Gasteiger partial charge on any atom is -0.506 e.